The smallest absolute Gasteiger partial charge is 0.343 e. The molecule has 6 heteroatoms. The standard InChI is InChI=1S/C36H45NO5/c1-25(2)37(26(3)4)22-21-32(28-11-7-5-8-12-28)33-23-27(24-38)15-20-34(33)42-36(40)30-16-18-31(19-17-30)41-35(39)29-13-9-6-10-14-29/h5,7-8,11-12,15-20,23,25-26,29,32,38H,6,9-10,13-14,21-22,24H2,1-4H3/t32-/m1/s1. The minimum Gasteiger partial charge on any atom is -0.426 e. The molecular formula is C36H45NO5. The van der Waals surface area contributed by atoms with Crippen LogP contribution in [-0.4, -0.2) is 40.6 Å². The highest BCUT2D eigenvalue weighted by atomic mass is 16.5. The third-order valence-corrected chi connectivity index (χ3v) is 8.29. The van der Waals surface area contributed by atoms with E-state index in [9.17, 15) is 14.7 Å². The number of benzene rings is 3. The summed E-state index contributed by atoms with van der Waals surface area (Å²) >= 11 is 0. The van der Waals surface area contributed by atoms with Crippen LogP contribution in [0.2, 0.25) is 0 Å². The molecule has 1 saturated carbocycles. The van der Waals surface area contributed by atoms with Crippen LogP contribution in [0.1, 0.15) is 99.2 Å². The third-order valence-electron chi connectivity index (χ3n) is 8.29. The summed E-state index contributed by atoms with van der Waals surface area (Å²) in [5.41, 5.74) is 3.12. The molecule has 0 saturated heterocycles. The van der Waals surface area contributed by atoms with Crippen molar-refractivity contribution in [3.05, 3.63) is 95.1 Å². The van der Waals surface area contributed by atoms with Crippen LogP contribution in [0, 0.1) is 5.92 Å². The van der Waals surface area contributed by atoms with E-state index in [4.69, 9.17) is 9.47 Å². The lowest BCUT2D eigenvalue weighted by Crippen LogP contribution is -2.38. The summed E-state index contributed by atoms with van der Waals surface area (Å²) in [6.45, 7) is 9.60. The molecule has 3 aromatic carbocycles. The summed E-state index contributed by atoms with van der Waals surface area (Å²) in [4.78, 5) is 28.3. The molecule has 0 bridgehead atoms. The van der Waals surface area contributed by atoms with Gasteiger partial charge in [-0.3, -0.25) is 9.69 Å². The van der Waals surface area contributed by atoms with Gasteiger partial charge in [-0.2, -0.15) is 0 Å². The topological polar surface area (TPSA) is 76.1 Å². The fourth-order valence-corrected chi connectivity index (χ4v) is 6.00. The van der Waals surface area contributed by atoms with Crippen LogP contribution < -0.4 is 9.47 Å². The van der Waals surface area contributed by atoms with E-state index in [1.807, 2.05) is 24.3 Å². The number of nitrogens with zero attached hydrogens (tertiary/aromatic N) is 1. The first-order chi connectivity index (χ1) is 20.3. The van der Waals surface area contributed by atoms with Crippen LogP contribution in [-0.2, 0) is 11.4 Å². The second-order valence-electron chi connectivity index (χ2n) is 11.9. The third kappa shape index (κ3) is 8.30. The monoisotopic (exact) mass is 571 g/mol. The first-order valence-electron chi connectivity index (χ1n) is 15.3. The zero-order chi connectivity index (χ0) is 30.1. The lowest BCUT2D eigenvalue weighted by Gasteiger charge is -2.32. The van der Waals surface area contributed by atoms with Crippen molar-refractivity contribution in [1.29, 1.82) is 0 Å². The lowest BCUT2D eigenvalue weighted by molar-refractivity contribution is -0.139. The maximum Gasteiger partial charge on any atom is 0.343 e. The molecule has 0 amide bonds. The average molecular weight is 572 g/mol. The number of carbonyl (C=O) groups is 2. The Morgan fingerprint density at radius 3 is 2.14 bits per heavy atom. The fourth-order valence-electron chi connectivity index (χ4n) is 6.00. The van der Waals surface area contributed by atoms with Crippen LogP contribution >= 0.6 is 0 Å². The number of hydrogen-bond acceptors (Lipinski definition) is 6. The Bertz CT molecular complexity index is 1290. The molecule has 1 atom stereocenters. The molecule has 0 spiro atoms. The highest BCUT2D eigenvalue weighted by molar-refractivity contribution is 5.91. The van der Waals surface area contributed by atoms with E-state index in [1.165, 1.54) is 6.42 Å². The van der Waals surface area contributed by atoms with Crippen LogP contribution in [0.25, 0.3) is 0 Å². The van der Waals surface area contributed by atoms with E-state index in [2.05, 4.69) is 44.7 Å². The number of aliphatic hydroxyl groups excluding tert-OH is 1. The number of ether oxygens (including phenoxy) is 2. The highest BCUT2D eigenvalue weighted by Crippen LogP contribution is 2.36. The Labute approximate surface area is 250 Å². The Balaban J connectivity index is 1.55. The molecule has 0 aromatic heterocycles. The predicted molar refractivity (Wildman–Crippen MR) is 166 cm³/mol. The van der Waals surface area contributed by atoms with Gasteiger partial charge in [-0.05, 0) is 101 Å². The molecule has 0 aliphatic heterocycles. The van der Waals surface area contributed by atoms with Gasteiger partial charge in [-0.15, -0.1) is 0 Å². The number of esters is 2. The summed E-state index contributed by atoms with van der Waals surface area (Å²) in [6.07, 6.45) is 5.86. The first-order valence-corrected chi connectivity index (χ1v) is 15.3. The molecular weight excluding hydrogens is 526 g/mol. The Hall–Kier alpha value is -3.48. The van der Waals surface area contributed by atoms with Crippen molar-refractivity contribution in [3.8, 4) is 11.5 Å². The number of hydrogen-bond donors (Lipinski definition) is 1. The first kappa shape index (κ1) is 31.5. The molecule has 6 nitrogen and oxygen atoms in total. The van der Waals surface area contributed by atoms with Gasteiger partial charge in [-0.1, -0.05) is 55.7 Å². The van der Waals surface area contributed by atoms with E-state index < -0.39 is 5.97 Å². The average Bonchev–Trinajstić information content (AvgIpc) is 3.00. The normalized spacial score (nSPS) is 14.8. The molecule has 42 heavy (non-hydrogen) atoms. The minimum absolute atomic E-state index is 0.0397. The minimum atomic E-state index is -0.490. The van der Waals surface area contributed by atoms with Gasteiger partial charge in [0.25, 0.3) is 0 Å². The SMILES string of the molecule is CC(C)N(CC[C@H](c1ccccc1)c1cc(CO)ccc1OC(=O)c1ccc(OC(=O)C2CCCCC2)cc1)C(C)C. The lowest BCUT2D eigenvalue weighted by atomic mass is 9.86. The van der Waals surface area contributed by atoms with Crippen molar-refractivity contribution >= 4 is 11.9 Å². The van der Waals surface area contributed by atoms with Gasteiger partial charge in [-0.25, -0.2) is 4.79 Å². The number of carbonyl (C=O) groups excluding carboxylic acids is 2. The van der Waals surface area contributed by atoms with E-state index >= 15 is 0 Å². The summed E-state index contributed by atoms with van der Waals surface area (Å²) in [5, 5.41) is 9.95. The van der Waals surface area contributed by atoms with Crippen molar-refractivity contribution in [2.45, 2.75) is 90.8 Å². The van der Waals surface area contributed by atoms with Gasteiger partial charge >= 0.3 is 11.9 Å². The van der Waals surface area contributed by atoms with Crippen LogP contribution in [0.15, 0.2) is 72.8 Å². The van der Waals surface area contributed by atoms with Crippen molar-refractivity contribution in [2.24, 2.45) is 5.92 Å². The predicted octanol–water partition coefficient (Wildman–Crippen LogP) is 7.52. The summed E-state index contributed by atoms with van der Waals surface area (Å²) in [5.74, 6) is 0.130. The van der Waals surface area contributed by atoms with Crippen molar-refractivity contribution < 1.29 is 24.2 Å². The molecule has 4 rings (SSSR count). The Kier molecular flexibility index (Phi) is 11.3. The molecule has 0 heterocycles. The maximum atomic E-state index is 13.3. The van der Waals surface area contributed by atoms with Gasteiger partial charge in [0.15, 0.2) is 0 Å². The second kappa shape index (κ2) is 15.1. The maximum absolute atomic E-state index is 13.3. The van der Waals surface area contributed by atoms with E-state index in [1.54, 1.807) is 36.4 Å². The highest BCUT2D eigenvalue weighted by Gasteiger charge is 2.25. The fraction of sp³-hybridized carbons (Fsp3) is 0.444. The van der Waals surface area contributed by atoms with Crippen LogP contribution in [0.3, 0.4) is 0 Å². The quantitative estimate of drug-likeness (QED) is 0.179. The molecule has 1 aliphatic rings. The zero-order valence-corrected chi connectivity index (χ0v) is 25.4. The van der Waals surface area contributed by atoms with Crippen LogP contribution in [0.5, 0.6) is 11.5 Å². The van der Waals surface area contributed by atoms with Gasteiger partial charge in [0, 0.05) is 23.6 Å². The van der Waals surface area contributed by atoms with Gasteiger partial charge < -0.3 is 14.6 Å². The van der Waals surface area contributed by atoms with Crippen molar-refractivity contribution in [1.82, 2.24) is 4.90 Å². The second-order valence-corrected chi connectivity index (χ2v) is 11.9. The summed E-state index contributed by atoms with van der Waals surface area (Å²) in [7, 11) is 0. The number of aliphatic hydroxyl groups is 1. The van der Waals surface area contributed by atoms with E-state index in [0.717, 1.165) is 55.3 Å². The molecule has 224 valence electrons. The Morgan fingerprint density at radius 2 is 1.52 bits per heavy atom. The molecule has 0 radical (unpaired) electrons. The number of rotatable bonds is 12. The Morgan fingerprint density at radius 1 is 0.857 bits per heavy atom. The molecule has 1 fully saturated rings. The van der Waals surface area contributed by atoms with Crippen LogP contribution in [0.4, 0.5) is 0 Å². The van der Waals surface area contributed by atoms with Crippen molar-refractivity contribution in [3.63, 3.8) is 0 Å². The zero-order valence-electron chi connectivity index (χ0n) is 25.4. The van der Waals surface area contributed by atoms with E-state index in [-0.39, 0.29) is 24.4 Å². The molecule has 1 aliphatic carbocycles. The van der Waals surface area contributed by atoms with E-state index in [0.29, 0.717) is 29.1 Å². The molecule has 3 aromatic rings. The molecule has 1 N–H and O–H groups in total. The summed E-state index contributed by atoms with van der Waals surface area (Å²) < 4.78 is 11.6. The van der Waals surface area contributed by atoms with Gasteiger partial charge in [0.05, 0.1) is 18.1 Å². The van der Waals surface area contributed by atoms with Gasteiger partial charge in [0.1, 0.15) is 11.5 Å². The summed E-state index contributed by atoms with van der Waals surface area (Å²) in [6, 6.07) is 23.1. The molecule has 0 unspecified atom stereocenters. The van der Waals surface area contributed by atoms with Gasteiger partial charge in [0.2, 0.25) is 0 Å². The largest absolute Gasteiger partial charge is 0.426 e. The van der Waals surface area contributed by atoms with Crippen molar-refractivity contribution in [2.75, 3.05) is 6.54 Å².